The van der Waals surface area contributed by atoms with Gasteiger partial charge in [-0.05, 0) is 54.5 Å². The first-order valence-corrected chi connectivity index (χ1v) is 10.1. The molecule has 2 aromatic heterocycles. The van der Waals surface area contributed by atoms with Crippen LogP contribution in [-0.2, 0) is 4.79 Å². The van der Waals surface area contributed by atoms with E-state index >= 15 is 0 Å². The van der Waals surface area contributed by atoms with Crippen LogP contribution in [0.15, 0.2) is 73.1 Å². The highest BCUT2D eigenvalue weighted by atomic mass is 16.5. The zero-order valence-corrected chi connectivity index (χ0v) is 17.7. The Morgan fingerprint density at radius 1 is 1.06 bits per heavy atom. The smallest absolute Gasteiger partial charge is 0.269 e. The Balaban J connectivity index is 1.39. The Morgan fingerprint density at radius 2 is 1.88 bits per heavy atom. The first-order valence-electron chi connectivity index (χ1n) is 10.1. The molecule has 7 nitrogen and oxygen atoms in total. The van der Waals surface area contributed by atoms with Crippen molar-refractivity contribution in [3.05, 3.63) is 89.9 Å². The zero-order valence-electron chi connectivity index (χ0n) is 17.7. The molecular formula is C25H22N4O3. The number of rotatable bonds is 6. The van der Waals surface area contributed by atoms with Gasteiger partial charge in [0.2, 0.25) is 5.91 Å². The van der Waals surface area contributed by atoms with Gasteiger partial charge in [-0.2, -0.15) is 0 Å². The fraction of sp³-hybridized carbons (Fsp3) is 0.0800. The quantitative estimate of drug-likeness (QED) is 0.390. The summed E-state index contributed by atoms with van der Waals surface area (Å²) in [6.07, 6.45) is 6.70. The van der Waals surface area contributed by atoms with E-state index in [0.29, 0.717) is 17.2 Å². The van der Waals surface area contributed by atoms with E-state index < -0.39 is 0 Å². The van der Waals surface area contributed by atoms with Crippen LogP contribution in [0, 0.1) is 6.92 Å². The number of aryl methyl sites for hydroxylation is 1. The third-order valence-corrected chi connectivity index (χ3v) is 4.92. The first-order chi connectivity index (χ1) is 15.5. The number of H-pyrrole nitrogens is 1. The van der Waals surface area contributed by atoms with E-state index in [1.165, 1.54) is 12.3 Å². The van der Waals surface area contributed by atoms with Crippen LogP contribution < -0.4 is 15.4 Å². The lowest BCUT2D eigenvalue weighted by atomic mass is 10.1. The van der Waals surface area contributed by atoms with Gasteiger partial charge in [-0.15, -0.1) is 0 Å². The maximum absolute atomic E-state index is 12.3. The van der Waals surface area contributed by atoms with Crippen molar-refractivity contribution in [2.75, 3.05) is 12.4 Å². The second-order valence-corrected chi connectivity index (χ2v) is 7.15. The minimum Gasteiger partial charge on any atom is -0.457 e. The topological polar surface area (TPSA) is 96.1 Å². The second-order valence-electron chi connectivity index (χ2n) is 7.15. The van der Waals surface area contributed by atoms with Gasteiger partial charge in [-0.3, -0.25) is 14.6 Å². The number of ether oxygens (including phenoxy) is 1. The summed E-state index contributed by atoms with van der Waals surface area (Å²) in [4.78, 5) is 31.3. The van der Waals surface area contributed by atoms with Crippen LogP contribution in [0.2, 0.25) is 0 Å². The summed E-state index contributed by atoms with van der Waals surface area (Å²) in [7, 11) is 1.54. The number of nitrogens with zero attached hydrogens (tertiary/aromatic N) is 1. The molecule has 160 valence electrons. The average Bonchev–Trinajstić information content (AvgIpc) is 3.23. The van der Waals surface area contributed by atoms with Crippen LogP contribution in [0.3, 0.4) is 0 Å². The molecule has 0 saturated heterocycles. The minimum absolute atomic E-state index is 0.231. The van der Waals surface area contributed by atoms with E-state index in [2.05, 4.69) is 20.6 Å². The maximum atomic E-state index is 12.3. The van der Waals surface area contributed by atoms with Crippen molar-refractivity contribution >= 4 is 34.5 Å². The molecule has 0 saturated carbocycles. The minimum atomic E-state index is -0.288. The third kappa shape index (κ3) is 4.67. The normalized spacial score (nSPS) is 10.9. The number of anilines is 1. The number of aromatic nitrogens is 2. The maximum Gasteiger partial charge on any atom is 0.269 e. The molecule has 7 heteroatoms. The molecule has 0 fully saturated rings. The Morgan fingerprint density at radius 3 is 2.66 bits per heavy atom. The standard InChI is InChI=1S/C25H22N4O3/c1-16-4-3-5-21-17(15-28-24(16)21)6-11-23(30)29-18-7-9-19(10-8-18)32-20-12-13-27-22(14-20)25(31)26-2/h3-15,28H,1-2H3,(H,26,31)(H,29,30). The Kier molecular flexibility index (Phi) is 5.98. The van der Waals surface area contributed by atoms with E-state index in [4.69, 9.17) is 4.74 Å². The number of carbonyl (C=O) groups is 2. The molecule has 4 rings (SSSR count). The lowest BCUT2D eigenvalue weighted by Gasteiger charge is -2.08. The molecule has 2 aromatic carbocycles. The van der Waals surface area contributed by atoms with Gasteiger partial charge in [0.25, 0.3) is 5.91 Å². The highest BCUT2D eigenvalue weighted by Gasteiger charge is 2.07. The second kappa shape index (κ2) is 9.18. The number of aromatic amines is 1. The molecule has 0 aliphatic heterocycles. The summed E-state index contributed by atoms with van der Waals surface area (Å²) in [6, 6.07) is 16.3. The van der Waals surface area contributed by atoms with Gasteiger partial charge in [0.1, 0.15) is 17.2 Å². The molecule has 0 bridgehead atoms. The number of pyridine rings is 1. The van der Waals surface area contributed by atoms with Crippen molar-refractivity contribution in [1.29, 1.82) is 0 Å². The van der Waals surface area contributed by atoms with Crippen molar-refractivity contribution in [1.82, 2.24) is 15.3 Å². The number of amides is 2. The van der Waals surface area contributed by atoms with E-state index in [1.807, 2.05) is 31.3 Å². The van der Waals surface area contributed by atoms with Crippen molar-refractivity contribution in [3.63, 3.8) is 0 Å². The predicted octanol–water partition coefficient (Wildman–Crippen LogP) is 4.68. The summed E-state index contributed by atoms with van der Waals surface area (Å²) < 4.78 is 5.77. The summed E-state index contributed by atoms with van der Waals surface area (Å²) in [5.41, 5.74) is 4.09. The molecule has 2 amide bonds. The van der Waals surface area contributed by atoms with Gasteiger partial charge >= 0.3 is 0 Å². The molecule has 0 atom stereocenters. The molecule has 0 spiro atoms. The molecule has 0 aliphatic rings. The summed E-state index contributed by atoms with van der Waals surface area (Å²) >= 11 is 0. The van der Waals surface area contributed by atoms with Crippen LogP contribution in [0.25, 0.3) is 17.0 Å². The largest absolute Gasteiger partial charge is 0.457 e. The number of carbonyl (C=O) groups excluding carboxylic acids is 2. The van der Waals surface area contributed by atoms with E-state index in [9.17, 15) is 9.59 Å². The van der Waals surface area contributed by atoms with E-state index in [-0.39, 0.29) is 17.5 Å². The van der Waals surface area contributed by atoms with Gasteiger partial charge in [0.15, 0.2) is 0 Å². The summed E-state index contributed by atoms with van der Waals surface area (Å²) in [5.74, 6) is 0.545. The number of nitrogens with one attached hydrogen (secondary N) is 3. The van der Waals surface area contributed by atoms with Crippen LogP contribution in [0.1, 0.15) is 21.6 Å². The van der Waals surface area contributed by atoms with Gasteiger partial charge in [-0.25, -0.2) is 0 Å². The zero-order chi connectivity index (χ0) is 22.5. The first kappa shape index (κ1) is 20.9. The third-order valence-electron chi connectivity index (χ3n) is 4.92. The highest BCUT2D eigenvalue weighted by Crippen LogP contribution is 2.24. The molecule has 4 aromatic rings. The molecule has 32 heavy (non-hydrogen) atoms. The van der Waals surface area contributed by atoms with Gasteiger partial charge in [0, 0.05) is 48.2 Å². The SMILES string of the molecule is CNC(=O)c1cc(Oc2ccc(NC(=O)C=Cc3c[nH]c4c(C)cccc34)cc2)ccn1. The van der Waals surface area contributed by atoms with Crippen LogP contribution in [0.5, 0.6) is 11.5 Å². The number of hydrogen-bond donors (Lipinski definition) is 3. The number of benzene rings is 2. The summed E-state index contributed by atoms with van der Waals surface area (Å²) in [5, 5.41) is 6.43. The van der Waals surface area contributed by atoms with Gasteiger partial charge in [0.05, 0.1) is 0 Å². The fourth-order valence-corrected chi connectivity index (χ4v) is 3.28. The van der Waals surface area contributed by atoms with E-state index in [0.717, 1.165) is 22.0 Å². The van der Waals surface area contributed by atoms with Crippen molar-refractivity contribution in [2.24, 2.45) is 0 Å². The van der Waals surface area contributed by atoms with Crippen LogP contribution >= 0.6 is 0 Å². The molecule has 0 unspecified atom stereocenters. The fourth-order valence-electron chi connectivity index (χ4n) is 3.28. The predicted molar refractivity (Wildman–Crippen MR) is 125 cm³/mol. The molecule has 2 heterocycles. The number of para-hydroxylation sites is 1. The number of hydrogen-bond acceptors (Lipinski definition) is 4. The lowest BCUT2D eigenvalue weighted by molar-refractivity contribution is -0.111. The molecule has 0 radical (unpaired) electrons. The molecular weight excluding hydrogens is 404 g/mol. The molecule has 3 N–H and O–H groups in total. The van der Waals surface area contributed by atoms with Crippen molar-refractivity contribution < 1.29 is 14.3 Å². The van der Waals surface area contributed by atoms with Gasteiger partial charge in [-0.1, -0.05) is 18.2 Å². The van der Waals surface area contributed by atoms with E-state index in [1.54, 1.807) is 49.5 Å². The Labute approximate surface area is 185 Å². The van der Waals surface area contributed by atoms with Crippen LogP contribution in [0.4, 0.5) is 5.69 Å². The molecule has 0 aliphatic carbocycles. The summed E-state index contributed by atoms with van der Waals surface area (Å²) in [6.45, 7) is 2.04. The van der Waals surface area contributed by atoms with Crippen molar-refractivity contribution in [2.45, 2.75) is 6.92 Å². The lowest BCUT2D eigenvalue weighted by Crippen LogP contribution is -2.18. The van der Waals surface area contributed by atoms with Crippen molar-refractivity contribution in [3.8, 4) is 11.5 Å². The van der Waals surface area contributed by atoms with Crippen LogP contribution in [-0.4, -0.2) is 28.8 Å². The average molecular weight is 426 g/mol. The Hall–Kier alpha value is -4.39. The number of fused-ring (bicyclic) bond motifs is 1. The monoisotopic (exact) mass is 426 g/mol. The van der Waals surface area contributed by atoms with Gasteiger partial charge < -0.3 is 20.4 Å². The Bertz CT molecular complexity index is 1310. The highest BCUT2D eigenvalue weighted by molar-refractivity contribution is 6.03.